The van der Waals surface area contributed by atoms with E-state index < -0.39 is 11.0 Å². The Balaban J connectivity index is 1.39. The van der Waals surface area contributed by atoms with Gasteiger partial charge in [0.15, 0.2) is 0 Å². The predicted molar refractivity (Wildman–Crippen MR) is 133 cm³/mol. The predicted octanol–water partition coefficient (Wildman–Crippen LogP) is 4.65. The highest BCUT2D eigenvalue weighted by Crippen LogP contribution is 2.24. The van der Waals surface area contributed by atoms with Gasteiger partial charge in [-0.05, 0) is 60.5 Å². The smallest absolute Gasteiger partial charge is 0.324 e. The topological polar surface area (TPSA) is 147 Å². The zero-order valence-electron chi connectivity index (χ0n) is 18.5. The molecule has 11 nitrogen and oxygen atoms in total. The number of nitro benzene ring substituents is 1. The van der Waals surface area contributed by atoms with Crippen molar-refractivity contribution in [3.8, 4) is 11.3 Å². The van der Waals surface area contributed by atoms with Crippen LogP contribution in [0.5, 0.6) is 0 Å². The molecule has 174 valence electrons. The van der Waals surface area contributed by atoms with Gasteiger partial charge in [0, 0.05) is 47.7 Å². The van der Waals surface area contributed by atoms with E-state index in [0.29, 0.717) is 17.2 Å². The van der Waals surface area contributed by atoms with Gasteiger partial charge in [0.2, 0.25) is 5.95 Å². The van der Waals surface area contributed by atoms with E-state index in [1.165, 1.54) is 30.5 Å². The van der Waals surface area contributed by atoms with Gasteiger partial charge in [0.05, 0.1) is 16.8 Å². The van der Waals surface area contributed by atoms with Crippen LogP contribution in [0.25, 0.3) is 11.3 Å². The highest BCUT2D eigenvalue weighted by Gasteiger charge is 2.08. The van der Waals surface area contributed by atoms with Crippen molar-refractivity contribution in [1.29, 1.82) is 0 Å². The summed E-state index contributed by atoms with van der Waals surface area (Å²) < 4.78 is 0. The standard InChI is InChI=1S/C24H20N8O3/c1-16-4-7-19(28-24(33)31-27-14-17-5-8-20(9-6-17)32(34)35)13-22(16)30-23-26-12-10-21(29-23)18-3-2-11-25-15-18/h2-15H,1H3,(H,26,29,30)(H2,28,31,33)/b27-14+. The van der Waals surface area contributed by atoms with Crippen molar-refractivity contribution in [1.82, 2.24) is 20.4 Å². The maximum absolute atomic E-state index is 12.2. The molecule has 2 aromatic carbocycles. The molecule has 0 fully saturated rings. The molecule has 0 atom stereocenters. The van der Waals surface area contributed by atoms with Crippen molar-refractivity contribution in [2.45, 2.75) is 6.92 Å². The zero-order chi connectivity index (χ0) is 24.6. The summed E-state index contributed by atoms with van der Waals surface area (Å²) in [5, 5.41) is 20.4. The van der Waals surface area contributed by atoms with Gasteiger partial charge in [0.25, 0.3) is 5.69 Å². The Kier molecular flexibility index (Phi) is 6.97. The first-order chi connectivity index (χ1) is 17.0. The van der Waals surface area contributed by atoms with Gasteiger partial charge in [-0.3, -0.25) is 15.1 Å². The number of nitrogens with zero attached hydrogens (tertiary/aromatic N) is 5. The second-order valence-electron chi connectivity index (χ2n) is 7.33. The normalized spacial score (nSPS) is 10.7. The van der Waals surface area contributed by atoms with Crippen LogP contribution in [0.3, 0.4) is 0 Å². The number of benzene rings is 2. The first-order valence-electron chi connectivity index (χ1n) is 10.4. The van der Waals surface area contributed by atoms with Crippen LogP contribution in [0.1, 0.15) is 11.1 Å². The second-order valence-corrected chi connectivity index (χ2v) is 7.33. The highest BCUT2D eigenvalue weighted by atomic mass is 16.6. The molecule has 2 amide bonds. The maximum Gasteiger partial charge on any atom is 0.339 e. The third-order valence-electron chi connectivity index (χ3n) is 4.84. The average Bonchev–Trinajstić information content (AvgIpc) is 2.87. The van der Waals surface area contributed by atoms with Gasteiger partial charge in [-0.15, -0.1) is 0 Å². The van der Waals surface area contributed by atoms with Crippen LogP contribution >= 0.6 is 0 Å². The summed E-state index contributed by atoms with van der Waals surface area (Å²) in [5.41, 5.74) is 6.73. The number of nitro groups is 1. The average molecular weight is 468 g/mol. The Morgan fingerprint density at radius 1 is 1.09 bits per heavy atom. The fourth-order valence-electron chi connectivity index (χ4n) is 3.06. The largest absolute Gasteiger partial charge is 0.339 e. The summed E-state index contributed by atoms with van der Waals surface area (Å²) in [7, 11) is 0. The van der Waals surface area contributed by atoms with Gasteiger partial charge in [-0.1, -0.05) is 6.07 Å². The van der Waals surface area contributed by atoms with E-state index >= 15 is 0 Å². The minimum Gasteiger partial charge on any atom is -0.324 e. The van der Waals surface area contributed by atoms with Gasteiger partial charge >= 0.3 is 6.03 Å². The summed E-state index contributed by atoms with van der Waals surface area (Å²) >= 11 is 0. The van der Waals surface area contributed by atoms with Crippen LogP contribution in [-0.2, 0) is 0 Å². The van der Waals surface area contributed by atoms with E-state index in [4.69, 9.17) is 0 Å². The number of aromatic nitrogens is 3. The highest BCUT2D eigenvalue weighted by molar-refractivity contribution is 5.91. The van der Waals surface area contributed by atoms with Crippen LogP contribution in [0.4, 0.5) is 27.8 Å². The third-order valence-corrected chi connectivity index (χ3v) is 4.84. The molecule has 0 saturated carbocycles. The van der Waals surface area contributed by atoms with Crippen molar-refractivity contribution in [3.05, 3.63) is 100 Å². The Morgan fingerprint density at radius 2 is 1.91 bits per heavy atom. The molecule has 0 aliphatic carbocycles. The van der Waals surface area contributed by atoms with E-state index in [1.54, 1.807) is 36.8 Å². The number of nitrogens with one attached hydrogen (secondary N) is 3. The number of urea groups is 1. The number of hydrazone groups is 1. The minimum absolute atomic E-state index is 0.0224. The van der Waals surface area contributed by atoms with Crippen LogP contribution in [0.15, 0.2) is 84.4 Å². The molecule has 0 saturated heterocycles. The second kappa shape index (κ2) is 10.6. The molecule has 2 heterocycles. The van der Waals surface area contributed by atoms with Crippen molar-refractivity contribution in [2.75, 3.05) is 10.6 Å². The first-order valence-corrected chi connectivity index (χ1v) is 10.4. The number of aryl methyl sites for hydroxylation is 1. The van der Waals surface area contributed by atoms with Crippen LogP contribution in [-0.4, -0.2) is 32.1 Å². The lowest BCUT2D eigenvalue weighted by Gasteiger charge is -2.12. The van der Waals surface area contributed by atoms with Crippen LogP contribution < -0.4 is 16.1 Å². The number of pyridine rings is 1. The molecular formula is C24H20N8O3. The van der Waals surface area contributed by atoms with E-state index in [2.05, 4.69) is 36.1 Å². The number of rotatable bonds is 7. The van der Waals surface area contributed by atoms with Crippen LogP contribution in [0, 0.1) is 17.0 Å². The number of hydrogen-bond donors (Lipinski definition) is 3. The molecule has 0 bridgehead atoms. The molecule has 3 N–H and O–H groups in total. The number of carbonyl (C=O) groups excluding carboxylic acids is 1. The lowest BCUT2D eigenvalue weighted by Crippen LogP contribution is -2.24. The summed E-state index contributed by atoms with van der Waals surface area (Å²) in [6.07, 6.45) is 6.47. The molecule has 0 aliphatic rings. The molecule has 0 radical (unpaired) electrons. The first kappa shape index (κ1) is 23.0. The molecule has 2 aromatic heterocycles. The van der Waals surface area contributed by atoms with E-state index in [-0.39, 0.29) is 5.69 Å². The lowest BCUT2D eigenvalue weighted by molar-refractivity contribution is -0.384. The van der Waals surface area contributed by atoms with Gasteiger partial charge in [-0.25, -0.2) is 20.2 Å². The summed E-state index contributed by atoms with van der Waals surface area (Å²) in [5.74, 6) is 0.406. The number of amides is 2. The monoisotopic (exact) mass is 468 g/mol. The molecule has 0 spiro atoms. The molecular weight excluding hydrogens is 448 g/mol. The Hall–Kier alpha value is -5.19. The van der Waals surface area contributed by atoms with E-state index in [0.717, 1.165) is 22.5 Å². The fourth-order valence-corrected chi connectivity index (χ4v) is 3.06. The third kappa shape index (κ3) is 6.20. The van der Waals surface area contributed by atoms with Crippen molar-refractivity contribution < 1.29 is 9.72 Å². The lowest BCUT2D eigenvalue weighted by atomic mass is 10.2. The quantitative estimate of drug-likeness (QED) is 0.203. The molecule has 4 rings (SSSR count). The Morgan fingerprint density at radius 3 is 2.66 bits per heavy atom. The Bertz CT molecular complexity index is 1380. The summed E-state index contributed by atoms with van der Waals surface area (Å²) in [6, 6.07) is 16.2. The number of carbonyl (C=O) groups is 1. The van der Waals surface area contributed by atoms with Gasteiger partial charge in [-0.2, -0.15) is 5.10 Å². The molecule has 4 aromatic rings. The van der Waals surface area contributed by atoms with Gasteiger partial charge < -0.3 is 10.6 Å². The number of hydrogen-bond acceptors (Lipinski definition) is 8. The zero-order valence-corrected chi connectivity index (χ0v) is 18.5. The minimum atomic E-state index is -0.548. The molecule has 11 heteroatoms. The van der Waals surface area contributed by atoms with Crippen molar-refractivity contribution in [3.63, 3.8) is 0 Å². The Labute approximate surface area is 200 Å². The van der Waals surface area contributed by atoms with Crippen molar-refractivity contribution >= 4 is 35.3 Å². The molecule has 35 heavy (non-hydrogen) atoms. The molecule has 0 aliphatic heterocycles. The fraction of sp³-hybridized carbons (Fsp3) is 0.0417. The van der Waals surface area contributed by atoms with Gasteiger partial charge in [0.1, 0.15) is 0 Å². The number of non-ortho nitro benzene ring substituents is 1. The van der Waals surface area contributed by atoms with E-state index in [1.807, 2.05) is 25.1 Å². The maximum atomic E-state index is 12.2. The summed E-state index contributed by atoms with van der Waals surface area (Å²) in [4.78, 5) is 35.4. The van der Waals surface area contributed by atoms with Crippen molar-refractivity contribution in [2.24, 2.45) is 5.10 Å². The SMILES string of the molecule is Cc1ccc(NC(=O)N/N=C/c2ccc([N+](=O)[O-])cc2)cc1Nc1nccc(-c2cccnc2)n1. The number of anilines is 3. The van der Waals surface area contributed by atoms with Crippen LogP contribution in [0.2, 0.25) is 0 Å². The summed E-state index contributed by atoms with van der Waals surface area (Å²) in [6.45, 7) is 1.92. The van der Waals surface area contributed by atoms with E-state index in [9.17, 15) is 14.9 Å². The molecule has 0 unspecified atom stereocenters.